The van der Waals surface area contributed by atoms with Crippen molar-refractivity contribution in [3.63, 3.8) is 0 Å². The Morgan fingerprint density at radius 2 is 2.20 bits per heavy atom. The summed E-state index contributed by atoms with van der Waals surface area (Å²) in [5.74, 6) is 0.129. The van der Waals surface area contributed by atoms with Gasteiger partial charge in [0.25, 0.3) is 0 Å². The molecule has 82 valence electrons. The maximum atomic E-state index is 10.8. The molecular weight excluding hydrogens is 192 g/mol. The topological polar surface area (TPSA) is 94.0 Å². The van der Waals surface area contributed by atoms with Crippen LogP contribution in [0.3, 0.4) is 0 Å². The molecule has 0 radical (unpaired) electrons. The lowest BCUT2D eigenvalue weighted by Gasteiger charge is -2.25. The molecule has 0 saturated carbocycles. The molecule has 1 aromatic rings. The summed E-state index contributed by atoms with van der Waals surface area (Å²) in [6.07, 6.45) is 1.88. The number of hydrogen-bond donors (Lipinski definition) is 3. The van der Waals surface area contributed by atoms with Crippen LogP contribution in [0.4, 0.5) is 11.5 Å². The lowest BCUT2D eigenvalue weighted by atomic mass is 10.00. The monoisotopic (exact) mass is 208 g/mol. The molecular formula is C10H16N4O. The van der Waals surface area contributed by atoms with Crippen LogP contribution in [0, 0.1) is 0 Å². The second kappa shape index (κ2) is 4.16. The number of nitrogens with zero attached hydrogens (tertiary/aromatic N) is 1. The van der Waals surface area contributed by atoms with Crippen LogP contribution >= 0.6 is 0 Å². The molecule has 15 heavy (non-hydrogen) atoms. The number of nitrogens with two attached hydrogens (primary N) is 2. The van der Waals surface area contributed by atoms with Gasteiger partial charge in [-0.1, -0.05) is 0 Å². The van der Waals surface area contributed by atoms with Gasteiger partial charge in [-0.25, -0.2) is 4.98 Å². The predicted octanol–water partition coefficient (Wildman–Crippen LogP) is 0.730. The summed E-state index contributed by atoms with van der Waals surface area (Å²) in [6.45, 7) is 3.79. The Labute approximate surface area is 88.9 Å². The molecule has 0 saturated heterocycles. The van der Waals surface area contributed by atoms with Crippen LogP contribution in [0.1, 0.15) is 20.3 Å². The Morgan fingerprint density at radius 3 is 2.67 bits per heavy atom. The molecule has 0 unspecified atom stereocenters. The Bertz CT molecular complexity index is 345. The first-order valence-electron chi connectivity index (χ1n) is 4.67. The molecule has 1 rings (SSSR count). The summed E-state index contributed by atoms with van der Waals surface area (Å²) in [6, 6.07) is 3.51. The van der Waals surface area contributed by atoms with E-state index in [0.717, 1.165) is 5.69 Å². The molecule has 1 aromatic heterocycles. The van der Waals surface area contributed by atoms with Gasteiger partial charge in [0, 0.05) is 12.0 Å². The van der Waals surface area contributed by atoms with Crippen LogP contribution in [0.25, 0.3) is 0 Å². The summed E-state index contributed by atoms with van der Waals surface area (Å²) in [4.78, 5) is 14.7. The SMILES string of the molecule is CC(C)(CC(N)=O)Nc1ccc(N)nc1. The fraction of sp³-hybridized carbons (Fsp3) is 0.400. The van der Waals surface area contributed by atoms with Crippen LogP contribution in [0.2, 0.25) is 0 Å². The summed E-state index contributed by atoms with van der Waals surface area (Å²) in [5, 5.41) is 3.16. The van der Waals surface area contributed by atoms with Crippen molar-refractivity contribution in [1.82, 2.24) is 4.98 Å². The number of rotatable bonds is 4. The molecule has 0 fully saturated rings. The minimum absolute atomic E-state index is 0.261. The van der Waals surface area contributed by atoms with Gasteiger partial charge in [0.1, 0.15) is 5.82 Å². The van der Waals surface area contributed by atoms with E-state index in [2.05, 4.69) is 10.3 Å². The van der Waals surface area contributed by atoms with E-state index in [4.69, 9.17) is 11.5 Å². The van der Waals surface area contributed by atoms with Crippen LogP contribution < -0.4 is 16.8 Å². The van der Waals surface area contributed by atoms with Crippen LogP contribution in [0.15, 0.2) is 18.3 Å². The maximum absolute atomic E-state index is 10.8. The van der Waals surface area contributed by atoms with Gasteiger partial charge in [0.2, 0.25) is 5.91 Å². The van der Waals surface area contributed by atoms with Gasteiger partial charge in [-0.3, -0.25) is 4.79 Å². The van der Waals surface area contributed by atoms with Crippen molar-refractivity contribution in [2.45, 2.75) is 25.8 Å². The summed E-state index contributed by atoms with van der Waals surface area (Å²) >= 11 is 0. The smallest absolute Gasteiger partial charge is 0.219 e. The van der Waals surface area contributed by atoms with Gasteiger partial charge in [0.05, 0.1) is 11.9 Å². The second-order valence-electron chi connectivity index (χ2n) is 4.12. The lowest BCUT2D eigenvalue weighted by molar-refractivity contribution is -0.118. The molecule has 5 N–H and O–H groups in total. The molecule has 0 aliphatic rings. The van der Waals surface area contributed by atoms with Gasteiger partial charge in [0.15, 0.2) is 0 Å². The van der Waals surface area contributed by atoms with Crippen LogP contribution in [-0.4, -0.2) is 16.4 Å². The van der Waals surface area contributed by atoms with E-state index in [-0.39, 0.29) is 17.9 Å². The van der Waals surface area contributed by atoms with Crippen molar-refractivity contribution in [2.24, 2.45) is 5.73 Å². The van der Waals surface area contributed by atoms with E-state index >= 15 is 0 Å². The number of pyridine rings is 1. The summed E-state index contributed by atoms with van der Waals surface area (Å²) < 4.78 is 0. The molecule has 1 amide bonds. The molecule has 1 heterocycles. The number of anilines is 2. The first kappa shape index (κ1) is 11.3. The maximum Gasteiger partial charge on any atom is 0.219 e. The fourth-order valence-corrected chi connectivity index (χ4v) is 1.35. The zero-order valence-electron chi connectivity index (χ0n) is 8.95. The zero-order valence-corrected chi connectivity index (χ0v) is 8.95. The van der Waals surface area contributed by atoms with Crippen molar-refractivity contribution in [3.8, 4) is 0 Å². The Balaban J connectivity index is 2.68. The fourth-order valence-electron chi connectivity index (χ4n) is 1.35. The summed E-state index contributed by atoms with van der Waals surface area (Å²) in [5.41, 5.74) is 11.0. The van der Waals surface area contributed by atoms with Crippen molar-refractivity contribution in [1.29, 1.82) is 0 Å². The van der Waals surface area contributed by atoms with Crippen LogP contribution in [-0.2, 0) is 4.79 Å². The van der Waals surface area contributed by atoms with E-state index in [1.165, 1.54) is 0 Å². The average Bonchev–Trinajstić information content (AvgIpc) is 2.06. The Morgan fingerprint density at radius 1 is 1.53 bits per heavy atom. The molecule has 0 aromatic carbocycles. The molecule has 0 atom stereocenters. The molecule has 0 aliphatic heterocycles. The third-order valence-corrected chi connectivity index (χ3v) is 1.89. The largest absolute Gasteiger partial charge is 0.384 e. The predicted molar refractivity (Wildman–Crippen MR) is 60.2 cm³/mol. The number of nitrogens with one attached hydrogen (secondary N) is 1. The number of carbonyl (C=O) groups is 1. The van der Waals surface area contributed by atoms with E-state index in [1.54, 1.807) is 12.3 Å². The third-order valence-electron chi connectivity index (χ3n) is 1.89. The van der Waals surface area contributed by atoms with Crippen LogP contribution in [0.5, 0.6) is 0 Å². The highest BCUT2D eigenvalue weighted by molar-refractivity contribution is 5.75. The van der Waals surface area contributed by atoms with Gasteiger partial charge >= 0.3 is 0 Å². The third kappa shape index (κ3) is 3.84. The lowest BCUT2D eigenvalue weighted by Crippen LogP contribution is -2.36. The zero-order chi connectivity index (χ0) is 11.5. The summed E-state index contributed by atoms with van der Waals surface area (Å²) in [7, 11) is 0. The standard InChI is InChI=1S/C10H16N4O/c1-10(2,5-9(12)15)14-7-3-4-8(11)13-6-7/h3-4,6,14H,5H2,1-2H3,(H2,11,13)(H2,12,15). The quantitative estimate of drug-likeness (QED) is 0.679. The minimum Gasteiger partial charge on any atom is -0.384 e. The first-order chi connectivity index (χ1) is 6.89. The number of aromatic nitrogens is 1. The van der Waals surface area contributed by atoms with E-state index in [9.17, 15) is 4.79 Å². The van der Waals surface area contributed by atoms with Crippen molar-refractivity contribution in [2.75, 3.05) is 11.1 Å². The highest BCUT2D eigenvalue weighted by Gasteiger charge is 2.20. The second-order valence-corrected chi connectivity index (χ2v) is 4.12. The van der Waals surface area contributed by atoms with Crippen molar-refractivity contribution >= 4 is 17.4 Å². The molecule has 5 heteroatoms. The van der Waals surface area contributed by atoms with Gasteiger partial charge < -0.3 is 16.8 Å². The Hall–Kier alpha value is -1.78. The first-order valence-corrected chi connectivity index (χ1v) is 4.67. The van der Waals surface area contributed by atoms with Crippen molar-refractivity contribution in [3.05, 3.63) is 18.3 Å². The van der Waals surface area contributed by atoms with Gasteiger partial charge in [-0.05, 0) is 26.0 Å². The van der Waals surface area contributed by atoms with E-state index in [1.807, 2.05) is 19.9 Å². The van der Waals surface area contributed by atoms with Crippen molar-refractivity contribution < 1.29 is 4.79 Å². The molecule has 0 spiro atoms. The molecule has 5 nitrogen and oxygen atoms in total. The van der Waals surface area contributed by atoms with E-state index in [0.29, 0.717) is 5.82 Å². The highest BCUT2D eigenvalue weighted by Crippen LogP contribution is 2.17. The van der Waals surface area contributed by atoms with E-state index < -0.39 is 0 Å². The number of amides is 1. The van der Waals surface area contributed by atoms with Gasteiger partial charge in [-0.2, -0.15) is 0 Å². The normalized spacial score (nSPS) is 11.1. The number of nitrogen functional groups attached to an aromatic ring is 1. The number of carbonyl (C=O) groups excluding carboxylic acids is 1. The highest BCUT2D eigenvalue weighted by atomic mass is 16.1. The minimum atomic E-state index is -0.385. The molecule has 0 aliphatic carbocycles. The average molecular weight is 208 g/mol. The molecule has 0 bridgehead atoms. The number of primary amides is 1. The number of hydrogen-bond acceptors (Lipinski definition) is 4. The van der Waals surface area contributed by atoms with Gasteiger partial charge in [-0.15, -0.1) is 0 Å². The Kier molecular flexibility index (Phi) is 3.14.